The van der Waals surface area contributed by atoms with E-state index in [4.69, 9.17) is 11.6 Å². The third kappa shape index (κ3) is 2.75. The number of benzene rings is 2. The number of carbonyl (C=O) groups excluding carboxylic acids is 1. The molecule has 0 heterocycles. The van der Waals surface area contributed by atoms with Crippen LogP contribution in [-0.4, -0.2) is 5.78 Å². The molecular weight excluding hydrogens is 324 g/mol. The molecule has 2 aromatic carbocycles. The monoisotopic (exact) mass is 336 g/mol. The number of carbonyl (C=O) groups is 1. The van der Waals surface area contributed by atoms with E-state index in [1.54, 1.807) is 0 Å². The minimum Gasteiger partial charge on any atom is -0.289 e. The van der Waals surface area contributed by atoms with Crippen molar-refractivity contribution in [1.82, 2.24) is 0 Å². The van der Waals surface area contributed by atoms with Crippen molar-refractivity contribution in [3.63, 3.8) is 0 Å². The zero-order valence-electron chi connectivity index (χ0n) is 11.1. The van der Waals surface area contributed by atoms with Gasteiger partial charge in [-0.25, -0.2) is 0 Å². The number of halogens is 2. The molecule has 0 bridgehead atoms. The van der Waals surface area contributed by atoms with E-state index < -0.39 is 0 Å². The van der Waals surface area contributed by atoms with Crippen molar-refractivity contribution < 1.29 is 4.79 Å². The van der Waals surface area contributed by atoms with E-state index in [9.17, 15) is 4.79 Å². The van der Waals surface area contributed by atoms with Crippen molar-refractivity contribution in [3.05, 3.63) is 67.6 Å². The first-order valence-electron chi connectivity index (χ1n) is 5.98. The van der Waals surface area contributed by atoms with Crippen LogP contribution in [0.25, 0.3) is 0 Å². The van der Waals surface area contributed by atoms with Gasteiger partial charge in [0.15, 0.2) is 5.78 Å². The Morgan fingerprint density at radius 3 is 2.42 bits per heavy atom. The van der Waals surface area contributed by atoms with Gasteiger partial charge in [-0.15, -0.1) is 0 Å². The molecule has 19 heavy (non-hydrogen) atoms. The fraction of sp³-hybridized carbons (Fsp3) is 0.188. The van der Waals surface area contributed by atoms with Crippen molar-refractivity contribution >= 4 is 33.3 Å². The lowest BCUT2D eigenvalue weighted by atomic mass is 9.95. The topological polar surface area (TPSA) is 17.1 Å². The minimum absolute atomic E-state index is 0.0380. The van der Waals surface area contributed by atoms with Crippen molar-refractivity contribution in [1.29, 1.82) is 0 Å². The first-order chi connectivity index (χ1) is 8.91. The summed E-state index contributed by atoms with van der Waals surface area (Å²) in [6, 6.07) is 9.37. The average Bonchev–Trinajstić information content (AvgIpc) is 2.36. The second kappa shape index (κ2) is 5.48. The molecule has 0 saturated heterocycles. The molecule has 0 aromatic heterocycles. The van der Waals surface area contributed by atoms with E-state index in [1.807, 2.05) is 51.1 Å². The van der Waals surface area contributed by atoms with Crippen LogP contribution < -0.4 is 0 Å². The third-order valence-corrected chi connectivity index (χ3v) is 4.53. The van der Waals surface area contributed by atoms with Crippen LogP contribution in [0.1, 0.15) is 32.6 Å². The summed E-state index contributed by atoms with van der Waals surface area (Å²) in [5, 5.41) is 0.694. The fourth-order valence-electron chi connectivity index (χ4n) is 2.02. The molecule has 0 N–H and O–H groups in total. The maximum Gasteiger partial charge on any atom is 0.193 e. The van der Waals surface area contributed by atoms with E-state index in [2.05, 4.69) is 15.9 Å². The molecule has 0 spiro atoms. The number of aryl methyl sites for hydroxylation is 2. The Balaban J connectivity index is 2.56. The van der Waals surface area contributed by atoms with Gasteiger partial charge in [0.1, 0.15) is 0 Å². The molecule has 98 valence electrons. The second-order valence-corrected chi connectivity index (χ2v) is 5.92. The minimum atomic E-state index is 0.0380. The summed E-state index contributed by atoms with van der Waals surface area (Å²) in [6.45, 7) is 5.76. The Morgan fingerprint density at radius 2 is 1.74 bits per heavy atom. The average molecular weight is 338 g/mol. The molecule has 0 unspecified atom stereocenters. The van der Waals surface area contributed by atoms with Gasteiger partial charge in [-0.05, 0) is 55.7 Å². The highest BCUT2D eigenvalue weighted by atomic mass is 79.9. The highest BCUT2D eigenvalue weighted by Crippen LogP contribution is 2.26. The Kier molecular flexibility index (Phi) is 4.12. The summed E-state index contributed by atoms with van der Waals surface area (Å²) < 4.78 is 0.946. The highest BCUT2D eigenvalue weighted by molar-refractivity contribution is 9.10. The van der Waals surface area contributed by atoms with Gasteiger partial charge in [-0.2, -0.15) is 0 Å². The normalized spacial score (nSPS) is 10.6. The summed E-state index contributed by atoms with van der Waals surface area (Å²) in [7, 11) is 0. The number of hydrogen-bond donors (Lipinski definition) is 0. The van der Waals surface area contributed by atoms with Gasteiger partial charge in [0, 0.05) is 20.6 Å². The molecule has 2 rings (SSSR count). The predicted octanol–water partition coefficient (Wildman–Crippen LogP) is 5.26. The predicted molar refractivity (Wildman–Crippen MR) is 83.2 cm³/mol. The van der Waals surface area contributed by atoms with Gasteiger partial charge in [0.25, 0.3) is 0 Å². The molecule has 0 aliphatic carbocycles. The van der Waals surface area contributed by atoms with Gasteiger partial charge in [-0.3, -0.25) is 4.79 Å². The van der Waals surface area contributed by atoms with E-state index in [1.165, 1.54) is 0 Å². The summed E-state index contributed by atoms with van der Waals surface area (Å²) in [4.78, 5) is 12.6. The third-order valence-electron chi connectivity index (χ3n) is 3.26. The van der Waals surface area contributed by atoms with Gasteiger partial charge in [0.2, 0.25) is 0 Å². The largest absolute Gasteiger partial charge is 0.289 e. The summed E-state index contributed by atoms with van der Waals surface area (Å²) >= 11 is 9.53. The van der Waals surface area contributed by atoms with Crippen LogP contribution in [-0.2, 0) is 0 Å². The van der Waals surface area contributed by atoms with Gasteiger partial charge < -0.3 is 0 Å². The maximum absolute atomic E-state index is 12.6. The molecule has 0 aliphatic rings. The molecule has 0 atom stereocenters. The molecule has 0 aliphatic heterocycles. The molecular formula is C16H14BrClO. The Bertz CT molecular complexity index is 662. The quantitative estimate of drug-likeness (QED) is 0.683. The van der Waals surface area contributed by atoms with Gasteiger partial charge in [0.05, 0.1) is 0 Å². The van der Waals surface area contributed by atoms with Crippen molar-refractivity contribution in [2.75, 3.05) is 0 Å². The molecule has 0 radical (unpaired) electrons. The molecule has 2 aromatic rings. The van der Waals surface area contributed by atoms with Gasteiger partial charge >= 0.3 is 0 Å². The van der Waals surface area contributed by atoms with Crippen LogP contribution in [0, 0.1) is 20.8 Å². The lowest BCUT2D eigenvalue weighted by Gasteiger charge is -2.10. The van der Waals surface area contributed by atoms with E-state index in [0.29, 0.717) is 10.6 Å². The first kappa shape index (κ1) is 14.3. The van der Waals surface area contributed by atoms with E-state index >= 15 is 0 Å². The van der Waals surface area contributed by atoms with Crippen LogP contribution in [0.2, 0.25) is 5.02 Å². The molecule has 0 amide bonds. The van der Waals surface area contributed by atoms with Crippen LogP contribution in [0.4, 0.5) is 0 Å². The fourth-order valence-corrected chi connectivity index (χ4v) is 2.61. The zero-order valence-corrected chi connectivity index (χ0v) is 13.4. The second-order valence-electron chi connectivity index (χ2n) is 4.66. The van der Waals surface area contributed by atoms with Crippen molar-refractivity contribution in [3.8, 4) is 0 Å². The lowest BCUT2D eigenvalue weighted by molar-refractivity contribution is 0.103. The van der Waals surface area contributed by atoms with Crippen LogP contribution in [0.5, 0.6) is 0 Å². The number of ketones is 1. The number of rotatable bonds is 2. The highest BCUT2D eigenvalue weighted by Gasteiger charge is 2.16. The standard InChI is InChI=1S/C16H14BrClO/c1-9-8-15(18)10(2)7-13(9)16(19)12-5-4-6-14(17)11(12)3/h4-8H,1-3H3. The SMILES string of the molecule is Cc1cc(C(=O)c2cccc(Br)c2C)c(C)cc1Cl. The van der Waals surface area contributed by atoms with Gasteiger partial charge in [-0.1, -0.05) is 39.7 Å². The smallest absolute Gasteiger partial charge is 0.193 e. The van der Waals surface area contributed by atoms with Crippen LogP contribution in [0.3, 0.4) is 0 Å². The summed E-state index contributed by atoms with van der Waals surface area (Å²) in [5.41, 5.74) is 4.21. The Hall–Kier alpha value is -1.12. The Labute approximate surface area is 126 Å². The zero-order chi connectivity index (χ0) is 14.2. The maximum atomic E-state index is 12.6. The van der Waals surface area contributed by atoms with E-state index in [-0.39, 0.29) is 5.78 Å². The summed E-state index contributed by atoms with van der Waals surface area (Å²) in [6.07, 6.45) is 0. The lowest BCUT2D eigenvalue weighted by Crippen LogP contribution is -2.06. The van der Waals surface area contributed by atoms with Crippen LogP contribution >= 0.6 is 27.5 Å². The van der Waals surface area contributed by atoms with E-state index in [0.717, 1.165) is 26.7 Å². The number of hydrogen-bond acceptors (Lipinski definition) is 1. The molecule has 0 fully saturated rings. The summed E-state index contributed by atoms with van der Waals surface area (Å²) in [5.74, 6) is 0.0380. The van der Waals surface area contributed by atoms with Crippen LogP contribution in [0.15, 0.2) is 34.8 Å². The Morgan fingerprint density at radius 1 is 1.05 bits per heavy atom. The molecule has 3 heteroatoms. The van der Waals surface area contributed by atoms with Crippen molar-refractivity contribution in [2.24, 2.45) is 0 Å². The first-order valence-corrected chi connectivity index (χ1v) is 7.15. The van der Waals surface area contributed by atoms with Crippen molar-refractivity contribution in [2.45, 2.75) is 20.8 Å². The molecule has 1 nitrogen and oxygen atoms in total. The molecule has 0 saturated carbocycles.